The topological polar surface area (TPSA) is 50.9 Å². The normalized spacial score (nSPS) is 12.3. The molecule has 1 heterocycles. The third-order valence-electron chi connectivity index (χ3n) is 3.29. The third kappa shape index (κ3) is 2.99. The van der Waals surface area contributed by atoms with Crippen molar-refractivity contribution in [2.45, 2.75) is 12.5 Å². The molecule has 0 radical (unpaired) electrons. The first kappa shape index (κ1) is 13.9. The van der Waals surface area contributed by atoms with Crippen molar-refractivity contribution in [3.8, 4) is 0 Å². The van der Waals surface area contributed by atoms with E-state index in [4.69, 9.17) is 0 Å². The molecular formula is C16H15N3OS. The molecule has 1 unspecified atom stereocenters. The fraction of sp³-hybridized carbons (Fsp3) is 0.125. The molecule has 21 heavy (non-hydrogen) atoms. The number of hydrogen-bond donors (Lipinski definition) is 2. The van der Waals surface area contributed by atoms with Crippen LogP contribution in [0.3, 0.4) is 0 Å². The van der Waals surface area contributed by atoms with Crippen LogP contribution in [0.5, 0.6) is 0 Å². The molecule has 5 heteroatoms. The van der Waals surface area contributed by atoms with Crippen molar-refractivity contribution in [3.63, 3.8) is 0 Å². The van der Waals surface area contributed by atoms with E-state index in [0.717, 1.165) is 11.1 Å². The molecule has 0 spiro atoms. The predicted molar refractivity (Wildman–Crippen MR) is 84.2 cm³/mol. The number of hydrogen-bond acceptors (Lipinski definition) is 4. The van der Waals surface area contributed by atoms with Gasteiger partial charge in [-0.25, -0.2) is 0 Å². The second kappa shape index (κ2) is 6.11. The van der Waals surface area contributed by atoms with Crippen molar-refractivity contribution in [2.75, 3.05) is 0 Å². The summed E-state index contributed by atoms with van der Waals surface area (Å²) in [5.74, 6) is 1.13. The summed E-state index contributed by atoms with van der Waals surface area (Å²) in [6.45, 7) is 0. The van der Waals surface area contributed by atoms with E-state index in [1.54, 1.807) is 3.97 Å². The molecule has 0 fully saturated rings. The van der Waals surface area contributed by atoms with Crippen LogP contribution in [0.25, 0.3) is 0 Å². The fourth-order valence-electron chi connectivity index (χ4n) is 2.17. The van der Waals surface area contributed by atoms with Gasteiger partial charge in [0.1, 0.15) is 11.9 Å². The SMILES string of the molecule is OC(c1ccccc1)c1nnc(Cc2ccccc2)n1S. The van der Waals surface area contributed by atoms with Crippen LogP contribution in [-0.4, -0.2) is 19.3 Å². The number of nitrogens with zero attached hydrogens (tertiary/aromatic N) is 3. The van der Waals surface area contributed by atoms with Crippen LogP contribution in [0.4, 0.5) is 0 Å². The van der Waals surface area contributed by atoms with Crippen LogP contribution in [-0.2, 0) is 6.42 Å². The average Bonchev–Trinajstić information content (AvgIpc) is 2.89. The molecule has 1 atom stereocenters. The van der Waals surface area contributed by atoms with Crippen LogP contribution in [0, 0.1) is 0 Å². The van der Waals surface area contributed by atoms with Crippen molar-refractivity contribution < 1.29 is 5.11 Å². The highest BCUT2D eigenvalue weighted by molar-refractivity contribution is 7.78. The quantitative estimate of drug-likeness (QED) is 0.728. The third-order valence-corrected chi connectivity index (χ3v) is 3.73. The zero-order valence-corrected chi connectivity index (χ0v) is 12.2. The van der Waals surface area contributed by atoms with Gasteiger partial charge in [0.2, 0.25) is 0 Å². The largest absolute Gasteiger partial charge is 0.380 e. The molecule has 1 N–H and O–H groups in total. The molecule has 0 amide bonds. The van der Waals surface area contributed by atoms with Crippen molar-refractivity contribution in [3.05, 3.63) is 83.4 Å². The van der Waals surface area contributed by atoms with Gasteiger partial charge in [-0.15, -0.1) is 10.2 Å². The smallest absolute Gasteiger partial charge is 0.176 e. The lowest BCUT2D eigenvalue weighted by Crippen LogP contribution is -2.06. The standard InChI is InChI=1S/C16H15N3OS/c20-15(13-9-5-2-6-10-13)16-18-17-14(19(16)21)11-12-7-3-1-4-8-12/h1-10,15,20-21H,11H2. The van der Waals surface area contributed by atoms with Crippen molar-refractivity contribution in [1.82, 2.24) is 14.2 Å². The minimum atomic E-state index is -0.833. The maximum atomic E-state index is 10.4. The Morgan fingerprint density at radius 1 is 0.952 bits per heavy atom. The van der Waals surface area contributed by atoms with Gasteiger partial charge in [-0.1, -0.05) is 73.5 Å². The number of aliphatic hydroxyl groups is 1. The van der Waals surface area contributed by atoms with E-state index in [-0.39, 0.29) is 0 Å². The number of aliphatic hydroxyl groups excluding tert-OH is 1. The summed E-state index contributed by atoms with van der Waals surface area (Å²) >= 11 is 4.41. The molecule has 0 saturated heterocycles. The molecule has 0 bridgehead atoms. The van der Waals surface area contributed by atoms with Gasteiger partial charge in [0.15, 0.2) is 5.82 Å². The first-order valence-electron chi connectivity index (χ1n) is 6.66. The van der Waals surface area contributed by atoms with Gasteiger partial charge >= 0.3 is 0 Å². The lowest BCUT2D eigenvalue weighted by molar-refractivity contribution is 0.209. The Bertz CT molecular complexity index is 713. The Balaban J connectivity index is 1.86. The van der Waals surface area contributed by atoms with Gasteiger partial charge in [0.25, 0.3) is 0 Å². The summed E-state index contributed by atoms with van der Waals surface area (Å²) < 4.78 is 1.56. The Morgan fingerprint density at radius 3 is 2.24 bits per heavy atom. The highest BCUT2D eigenvalue weighted by Crippen LogP contribution is 2.22. The van der Waals surface area contributed by atoms with Crippen molar-refractivity contribution in [2.24, 2.45) is 0 Å². The molecule has 1 aromatic heterocycles. The predicted octanol–water partition coefficient (Wildman–Crippen LogP) is 2.64. The molecule has 0 saturated carbocycles. The van der Waals surface area contributed by atoms with E-state index < -0.39 is 6.10 Å². The Labute approximate surface area is 128 Å². The van der Waals surface area contributed by atoms with Crippen LogP contribution in [0.1, 0.15) is 28.9 Å². The van der Waals surface area contributed by atoms with E-state index in [2.05, 4.69) is 23.0 Å². The Kier molecular flexibility index (Phi) is 4.03. The molecule has 3 aromatic rings. The summed E-state index contributed by atoms with van der Waals surface area (Å²) in [7, 11) is 0. The summed E-state index contributed by atoms with van der Waals surface area (Å²) in [5.41, 5.74) is 1.90. The van der Waals surface area contributed by atoms with Crippen LogP contribution < -0.4 is 0 Å². The number of aromatic nitrogens is 3. The molecule has 0 aliphatic carbocycles. The molecular weight excluding hydrogens is 282 g/mol. The van der Waals surface area contributed by atoms with Crippen molar-refractivity contribution >= 4 is 12.8 Å². The maximum absolute atomic E-state index is 10.4. The van der Waals surface area contributed by atoms with E-state index in [9.17, 15) is 5.11 Å². The zero-order valence-electron chi connectivity index (χ0n) is 11.3. The summed E-state index contributed by atoms with van der Waals surface area (Å²) in [6.07, 6.45) is -0.209. The minimum Gasteiger partial charge on any atom is -0.380 e. The number of rotatable bonds is 4. The summed E-state index contributed by atoms with van der Waals surface area (Å²) in [6, 6.07) is 19.3. The highest BCUT2D eigenvalue weighted by Gasteiger charge is 2.19. The van der Waals surface area contributed by atoms with Gasteiger partial charge in [-0.3, -0.25) is 3.97 Å². The lowest BCUT2D eigenvalue weighted by atomic mass is 10.1. The monoisotopic (exact) mass is 297 g/mol. The first-order valence-corrected chi connectivity index (χ1v) is 7.06. The molecule has 106 valence electrons. The van der Waals surface area contributed by atoms with E-state index >= 15 is 0 Å². The van der Waals surface area contributed by atoms with Gasteiger partial charge in [-0.05, 0) is 11.1 Å². The lowest BCUT2D eigenvalue weighted by Gasteiger charge is -2.10. The molecule has 4 nitrogen and oxygen atoms in total. The molecule has 2 aromatic carbocycles. The van der Waals surface area contributed by atoms with E-state index in [1.165, 1.54) is 0 Å². The molecule has 0 aliphatic rings. The number of benzene rings is 2. The second-order valence-corrected chi connectivity index (χ2v) is 5.16. The van der Waals surface area contributed by atoms with Gasteiger partial charge in [0, 0.05) is 6.42 Å². The average molecular weight is 297 g/mol. The first-order chi connectivity index (χ1) is 10.3. The minimum absolute atomic E-state index is 0.426. The summed E-state index contributed by atoms with van der Waals surface area (Å²) in [5, 5.41) is 18.6. The van der Waals surface area contributed by atoms with Gasteiger partial charge < -0.3 is 5.11 Å². The van der Waals surface area contributed by atoms with E-state index in [0.29, 0.717) is 18.1 Å². The fourth-order valence-corrected chi connectivity index (χ4v) is 2.43. The maximum Gasteiger partial charge on any atom is 0.176 e. The Morgan fingerprint density at radius 2 is 1.57 bits per heavy atom. The number of thiol groups is 1. The van der Waals surface area contributed by atoms with Crippen LogP contribution >= 0.6 is 12.8 Å². The highest BCUT2D eigenvalue weighted by atomic mass is 32.1. The second-order valence-electron chi connectivity index (χ2n) is 4.76. The molecule has 0 aliphatic heterocycles. The van der Waals surface area contributed by atoms with Gasteiger partial charge in [-0.2, -0.15) is 0 Å². The summed E-state index contributed by atoms with van der Waals surface area (Å²) in [4.78, 5) is 0. The van der Waals surface area contributed by atoms with Crippen LogP contribution in [0.15, 0.2) is 60.7 Å². The molecule has 3 rings (SSSR count). The zero-order chi connectivity index (χ0) is 14.7. The Hall–Kier alpha value is -2.11. The van der Waals surface area contributed by atoms with E-state index in [1.807, 2.05) is 60.7 Å². The van der Waals surface area contributed by atoms with Gasteiger partial charge in [0.05, 0.1) is 0 Å². The van der Waals surface area contributed by atoms with Crippen LogP contribution in [0.2, 0.25) is 0 Å². The van der Waals surface area contributed by atoms with Crippen molar-refractivity contribution in [1.29, 1.82) is 0 Å².